The topological polar surface area (TPSA) is 30.9 Å². The zero-order chi connectivity index (χ0) is 14.2. The van der Waals surface area contributed by atoms with Gasteiger partial charge in [0.2, 0.25) is 0 Å². The number of rotatable bonds is 2. The summed E-state index contributed by atoms with van der Waals surface area (Å²) in [4.78, 5) is 2.38. The second kappa shape index (κ2) is 5.35. The maximum Gasteiger partial charge on any atom is 0.174 e. The Kier molecular flexibility index (Phi) is 3.71. The molecule has 0 aromatic heterocycles. The van der Waals surface area contributed by atoms with Crippen LogP contribution in [0, 0.1) is 5.92 Å². The van der Waals surface area contributed by atoms with Crippen LogP contribution in [-0.4, -0.2) is 44.6 Å². The molecule has 1 aromatic carbocycles. The van der Waals surface area contributed by atoms with Crippen molar-refractivity contribution in [3.63, 3.8) is 0 Å². The number of methoxy groups -OCH3 is 1. The van der Waals surface area contributed by atoms with Crippen LogP contribution < -0.4 is 4.74 Å². The lowest BCUT2D eigenvalue weighted by Crippen LogP contribution is -2.52. The third-order valence-corrected chi connectivity index (χ3v) is 4.67. The van der Waals surface area contributed by atoms with Gasteiger partial charge in [-0.25, -0.2) is 0 Å². The highest BCUT2D eigenvalue weighted by Crippen LogP contribution is 2.45. The van der Waals surface area contributed by atoms with E-state index in [1.807, 2.05) is 12.1 Å². The van der Waals surface area contributed by atoms with Crippen LogP contribution in [0.4, 0.5) is 0 Å². The van der Waals surface area contributed by atoms with Crippen molar-refractivity contribution in [2.75, 3.05) is 33.9 Å². The van der Waals surface area contributed by atoms with E-state index in [1.54, 1.807) is 7.11 Å². The average molecular weight is 277 g/mol. The second-order valence-electron chi connectivity index (χ2n) is 5.75. The minimum absolute atomic E-state index is 0.288. The third kappa shape index (κ3) is 2.22. The molecule has 1 spiro atoms. The van der Waals surface area contributed by atoms with Gasteiger partial charge in [-0.1, -0.05) is 19.1 Å². The van der Waals surface area contributed by atoms with Crippen LogP contribution in [0.1, 0.15) is 24.9 Å². The van der Waals surface area contributed by atoms with E-state index in [9.17, 15) is 0 Å². The molecule has 0 N–H and O–H groups in total. The van der Waals surface area contributed by atoms with E-state index < -0.39 is 5.79 Å². The summed E-state index contributed by atoms with van der Waals surface area (Å²) in [5.74, 6) is 0.784. The van der Waals surface area contributed by atoms with E-state index in [0.717, 1.165) is 18.7 Å². The number of hydrogen-bond donors (Lipinski definition) is 0. The minimum Gasteiger partial charge on any atom is -0.497 e. The van der Waals surface area contributed by atoms with Crippen molar-refractivity contribution in [2.45, 2.75) is 25.2 Å². The summed E-state index contributed by atoms with van der Waals surface area (Å²) in [6.45, 7) is 4.62. The molecular formula is C16H23NO3. The summed E-state index contributed by atoms with van der Waals surface area (Å²) in [6, 6.07) is 8.60. The van der Waals surface area contributed by atoms with Crippen LogP contribution in [0.5, 0.6) is 5.75 Å². The predicted octanol–water partition coefficient (Wildman–Crippen LogP) is 2.45. The SMILES string of the molecule is COc1cccc([C@@H]2[C@H](C)C3(CCN2C)OCCO3)c1. The van der Waals surface area contributed by atoms with Gasteiger partial charge >= 0.3 is 0 Å². The fraction of sp³-hybridized carbons (Fsp3) is 0.625. The van der Waals surface area contributed by atoms with Crippen molar-refractivity contribution < 1.29 is 14.2 Å². The lowest BCUT2D eigenvalue weighted by Gasteiger charge is -2.47. The molecule has 2 atom stereocenters. The first kappa shape index (κ1) is 13.9. The van der Waals surface area contributed by atoms with Gasteiger partial charge in [0.25, 0.3) is 0 Å². The molecule has 2 heterocycles. The van der Waals surface area contributed by atoms with Gasteiger partial charge in [0.15, 0.2) is 5.79 Å². The average Bonchev–Trinajstić information content (AvgIpc) is 2.94. The summed E-state index contributed by atoms with van der Waals surface area (Å²) in [5.41, 5.74) is 1.26. The molecular weight excluding hydrogens is 254 g/mol. The molecule has 3 rings (SSSR count). The molecule has 0 amide bonds. The predicted molar refractivity (Wildman–Crippen MR) is 76.8 cm³/mol. The Morgan fingerprint density at radius 3 is 2.75 bits per heavy atom. The standard InChI is InChI=1S/C16H23NO3/c1-12-15(13-5-4-6-14(11-13)18-3)17(2)8-7-16(12)19-9-10-20-16/h4-6,11-12,15H,7-10H2,1-3H3/t12-,15-/m0/s1. The van der Waals surface area contributed by atoms with Gasteiger partial charge in [0, 0.05) is 24.9 Å². The van der Waals surface area contributed by atoms with Crippen LogP contribution >= 0.6 is 0 Å². The maximum absolute atomic E-state index is 5.97. The number of benzene rings is 1. The molecule has 0 radical (unpaired) electrons. The highest BCUT2D eigenvalue weighted by Gasteiger charge is 2.49. The lowest BCUT2D eigenvalue weighted by molar-refractivity contribution is -0.229. The Morgan fingerprint density at radius 2 is 2.05 bits per heavy atom. The highest BCUT2D eigenvalue weighted by molar-refractivity contribution is 5.31. The van der Waals surface area contributed by atoms with Crippen LogP contribution in [0.15, 0.2) is 24.3 Å². The molecule has 4 nitrogen and oxygen atoms in total. The molecule has 2 saturated heterocycles. The van der Waals surface area contributed by atoms with E-state index in [2.05, 4.69) is 31.0 Å². The molecule has 20 heavy (non-hydrogen) atoms. The Balaban J connectivity index is 1.92. The number of likely N-dealkylation sites (tertiary alicyclic amines) is 1. The lowest BCUT2D eigenvalue weighted by atomic mass is 9.81. The normalized spacial score (nSPS) is 29.8. The van der Waals surface area contributed by atoms with Crippen LogP contribution in [0.2, 0.25) is 0 Å². The van der Waals surface area contributed by atoms with Crippen molar-refractivity contribution in [1.29, 1.82) is 0 Å². The van der Waals surface area contributed by atoms with Crippen LogP contribution in [0.3, 0.4) is 0 Å². The zero-order valence-electron chi connectivity index (χ0n) is 12.5. The molecule has 4 heteroatoms. The molecule has 2 aliphatic rings. The van der Waals surface area contributed by atoms with E-state index in [-0.39, 0.29) is 12.0 Å². The van der Waals surface area contributed by atoms with Crippen molar-refractivity contribution >= 4 is 0 Å². The Morgan fingerprint density at radius 1 is 1.30 bits per heavy atom. The van der Waals surface area contributed by atoms with Crippen molar-refractivity contribution in [3.05, 3.63) is 29.8 Å². The second-order valence-corrected chi connectivity index (χ2v) is 5.75. The first-order chi connectivity index (χ1) is 9.66. The van der Waals surface area contributed by atoms with E-state index in [4.69, 9.17) is 14.2 Å². The molecule has 0 unspecified atom stereocenters. The van der Waals surface area contributed by atoms with Crippen molar-refractivity contribution in [2.24, 2.45) is 5.92 Å². The quantitative estimate of drug-likeness (QED) is 0.831. The first-order valence-electron chi connectivity index (χ1n) is 7.28. The summed E-state index contributed by atoms with van der Waals surface area (Å²) in [7, 11) is 3.88. The van der Waals surface area contributed by atoms with E-state index in [1.165, 1.54) is 5.56 Å². The van der Waals surface area contributed by atoms with E-state index in [0.29, 0.717) is 13.2 Å². The van der Waals surface area contributed by atoms with Crippen molar-refractivity contribution in [1.82, 2.24) is 4.90 Å². The van der Waals surface area contributed by atoms with Crippen LogP contribution in [-0.2, 0) is 9.47 Å². The van der Waals surface area contributed by atoms with Gasteiger partial charge in [-0.3, -0.25) is 4.90 Å². The molecule has 2 aliphatic heterocycles. The molecule has 0 bridgehead atoms. The largest absolute Gasteiger partial charge is 0.497 e. The summed E-state index contributed by atoms with van der Waals surface area (Å²) in [5, 5.41) is 0. The van der Waals surface area contributed by atoms with Crippen molar-refractivity contribution in [3.8, 4) is 5.75 Å². The van der Waals surface area contributed by atoms with Crippen LogP contribution in [0.25, 0.3) is 0 Å². The Labute approximate surface area is 120 Å². The molecule has 0 saturated carbocycles. The minimum atomic E-state index is -0.403. The van der Waals surface area contributed by atoms with Gasteiger partial charge in [0.05, 0.1) is 20.3 Å². The summed E-state index contributed by atoms with van der Waals surface area (Å²) in [6.07, 6.45) is 0.936. The number of nitrogens with zero attached hydrogens (tertiary/aromatic N) is 1. The van der Waals surface area contributed by atoms with Gasteiger partial charge in [0.1, 0.15) is 5.75 Å². The first-order valence-corrected chi connectivity index (χ1v) is 7.28. The smallest absolute Gasteiger partial charge is 0.174 e. The van der Waals surface area contributed by atoms with Gasteiger partial charge in [-0.05, 0) is 24.7 Å². The Hall–Kier alpha value is -1.10. The molecule has 110 valence electrons. The zero-order valence-corrected chi connectivity index (χ0v) is 12.5. The molecule has 1 aromatic rings. The van der Waals surface area contributed by atoms with Gasteiger partial charge in [-0.2, -0.15) is 0 Å². The van der Waals surface area contributed by atoms with E-state index >= 15 is 0 Å². The monoisotopic (exact) mass is 277 g/mol. The molecule has 0 aliphatic carbocycles. The summed E-state index contributed by atoms with van der Waals surface area (Å²) >= 11 is 0. The maximum atomic E-state index is 5.97. The third-order valence-electron chi connectivity index (χ3n) is 4.67. The Bertz CT molecular complexity index is 471. The number of ether oxygens (including phenoxy) is 3. The number of hydrogen-bond acceptors (Lipinski definition) is 4. The van der Waals surface area contributed by atoms with Gasteiger partial charge < -0.3 is 14.2 Å². The number of piperidine rings is 1. The summed E-state index contributed by atoms with van der Waals surface area (Å²) < 4.78 is 17.3. The fourth-order valence-corrected chi connectivity index (χ4v) is 3.57. The fourth-order valence-electron chi connectivity index (χ4n) is 3.57. The highest BCUT2D eigenvalue weighted by atomic mass is 16.7. The molecule has 2 fully saturated rings. The van der Waals surface area contributed by atoms with Gasteiger partial charge in [-0.15, -0.1) is 0 Å².